The molecule has 1 amide bonds. The normalized spacial score (nSPS) is 16.6. The predicted molar refractivity (Wildman–Crippen MR) is 109 cm³/mol. The Balaban J connectivity index is 1.95. The first-order valence-corrected chi connectivity index (χ1v) is 10.3. The van der Waals surface area contributed by atoms with E-state index in [0.717, 1.165) is 16.8 Å². The third-order valence-electron chi connectivity index (χ3n) is 6.04. The largest absolute Gasteiger partial charge is 0.466 e. The Morgan fingerprint density at radius 2 is 1.80 bits per heavy atom. The lowest BCUT2D eigenvalue weighted by molar-refractivity contribution is -0.149. The zero-order valence-electron chi connectivity index (χ0n) is 17.9. The summed E-state index contributed by atoms with van der Waals surface area (Å²) < 4.78 is 35.4. The van der Waals surface area contributed by atoms with Crippen LogP contribution >= 0.6 is 0 Å². The maximum absolute atomic E-state index is 14.3. The molecule has 0 spiro atoms. The Bertz CT molecular complexity index is 948. The number of ether oxygens (including phenoxy) is 1. The second-order valence-corrected chi connectivity index (χ2v) is 7.81. The van der Waals surface area contributed by atoms with Gasteiger partial charge in [-0.15, -0.1) is 0 Å². The van der Waals surface area contributed by atoms with Crippen molar-refractivity contribution in [1.82, 2.24) is 9.47 Å². The van der Waals surface area contributed by atoms with Crippen LogP contribution in [0.5, 0.6) is 0 Å². The third-order valence-corrected chi connectivity index (χ3v) is 6.04. The Morgan fingerprint density at radius 1 is 1.13 bits per heavy atom. The molecule has 1 aromatic carbocycles. The van der Waals surface area contributed by atoms with E-state index < -0.39 is 11.6 Å². The van der Waals surface area contributed by atoms with Gasteiger partial charge in [0.1, 0.15) is 17.3 Å². The number of carbonyl (C=O) groups is 2. The van der Waals surface area contributed by atoms with E-state index in [1.807, 2.05) is 20.8 Å². The van der Waals surface area contributed by atoms with E-state index in [2.05, 4.69) is 0 Å². The molecule has 30 heavy (non-hydrogen) atoms. The van der Waals surface area contributed by atoms with Crippen molar-refractivity contribution in [2.75, 3.05) is 19.7 Å². The maximum Gasteiger partial charge on any atom is 0.310 e. The van der Waals surface area contributed by atoms with Crippen LogP contribution in [-0.2, 0) is 16.1 Å². The summed E-state index contributed by atoms with van der Waals surface area (Å²) in [7, 11) is 0. The van der Waals surface area contributed by atoms with E-state index in [1.54, 1.807) is 16.4 Å². The second-order valence-electron chi connectivity index (χ2n) is 7.81. The lowest BCUT2D eigenvalue weighted by atomic mass is 9.97. The van der Waals surface area contributed by atoms with E-state index in [-0.39, 0.29) is 36.4 Å². The quantitative estimate of drug-likeness (QED) is 0.686. The number of carbonyl (C=O) groups excluding carboxylic acids is 2. The Hall–Kier alpha value is -2.70. The highest BCUT2D eigenvalue weighted by Crippen LogP contribution is 2.27. The highest BCUT2D eigenvalue weighted by atomic mass is 19.1. The molecule has 0 N–H and O–H groups in total. The number of amides is 1. The van der Waals surface area contributed by atoms with Gasteiger partial charge in [0, 0.05) is 24.3 Å². The van der Waals surface area contributed by atoms with E-state index in [4.69, 9.17) is 4.74 Å². The molecule has 1 fully saturated rings. The average Bonchev–Trinajstić information content (AvgIpc) is 2.94. The summed E-state index contributed by atoms with van der Waals surface area (Å²) in [6, 6.07) is 3.75. The number of hydrogen-bond donors (Lipinski definition) is 0. The van der Waals surface area contributed by atoms with Crippen LogP contribution in [0.2, 0.25) is 0 Å². The first-order chi connectivity index (χ1) is 14.3. The average molecular weight is 418 g/mol. The minimum Gasteiger partial charge on any atom is -0.466 e. The van der Waals surface area contributed by atoms with Gasteiger partial charge in [-0.05, 0) is 63.8 Å². The molecule has 162 valence electrons. The SMILES string of the molecule is CCOC(=O)[C@@H]1CCCN(C(=O)c2c(C)c(C)c(C)n2Cc2c(F)cccc2F)C1. The van der Waals surface area contributed by atoms with Crippen LogP contribution < -0.4 is 0 Å². The minimum atomic E-state index is -0.642. The van der Waals surface area contributed by atoms with Gasteiger partial charge in [-0.2, -0.15) is 0 Å². The molecule has 0 unspecified atom stereocenters. The molecule has 1 saturated heterocycles. The summed E-state index contributed by atoms with van der Waals surface area (Å²) in [5, 5.41) is 0. The first kappa shape index (κ1) is 22.0. The zero-order chi connectivity index (χ0) is 22.0. The molecule has 2 aromatic rings. The van der Waals surface area contributed by atoms with Crippen LogP contribution in [0.25, 0.3) is 0 Å². The number of benzene rings is 1. The van der Waals surface area contributed by atoms with Crippen LogP contribution in [0.15, 0.2) is 18.2 Å². The lowest BCUT2D eigenvalue weighted by Crippen LogP contribution is -2.43. The van der Waals surface area contributed by atoms with Gasteiger partial charge >= 0.3 is 5.97 Å². The van der Waals surface area contributed by atoms with Gasteiger partial charge in [-0.25, -0.2) is 8.78 Å². The molecule has 5 nitrogen and oxygen atoms in total. The first-order valence-electron chi connectivity index (χ1n) is 10.3. The predicted octanol–water partition coefficient (Wildman–Crippen LogP) is 4.16. The van der Waals surface area contributed by atoms with Crippen molar-refractivity contribution in [2.45, 2.75) is 47.1 Å². The standard InChI is InChI=1S/C23H28F2N2O3/c1-5-30-23(29)17-8-7-11-26(12-17)22(28)21-15(3)14(2)16(4)27(21)13-18-19(24)9-6-10-20(18)25/h6,9-10,17H,5,7-8,11-13H2,1-4H3/t17-/m1/s1. The number of rotatable bonds is 5. The molecule has 0 radical (unpaired) electrons. The molecule has 1 aliphatic rings. The van der Waals surface area contributed by atoms with Gasteiger partial charge in [0.05, 0.1) is 19.1 Å². The molecule has 1 aromatic heterocycles. The summed E-state index contributed by atoms with van der Waals surface area (Å²) >= 11 is 0. The molecule has 0 aliphatic carbocycles. The third kappa shape index (κ3) is 4.11. The Kier molecular flexibility index (Phi) is 6.58. The molecule has 3 rings (SSSR count). The van der Waals surface area contributed by atoms with Crippen molar-refractivity contribution < 1.29 is 23.1 Å². The smallest absolute Gasteiger partial charge is 0.310 e. The minimum absolute atomic E-state index is 0.0742. The number of nitrogens with zero attached hydrogens (tertiary/aromatic N) is 2. The van der Waals surface area contributed by atoms with E-state index in [9.17, 15) is 18.4 Å². The number of likely N-dealkylation sites (tertiary alicyclic amines) is 1. The number of esters is 1. The monoisotopic (exact) mass is 418 g/mol. The van der Waals surface area contributed by atoms with Crippen LogP contribution in [0.3, 0.4) is 0 Å². The van der Waals surface area contributed by atoms with Crippen molar-refractivity contribution in [2.24, 2.45) is 5.92 Å². The highest BCUT2D eigenvalue weighted by Gasteiger charge is 2.32. The molecule has 7 heteroatoms. The van der Waals surface area contributed by atoms with E-state index >= 15 is 0 Å². The van der Waals surface area contributed by atoms with Crippen molar-refractivity contribution in [3.05, 3.63) is 57.9 Å². The summed E-state index contributed by atoms with van der Waals surface area (Å²) in [4.78, 5) is 27.3. The highest BCUT2D eigenvalue weighted by molar-refractivity contribution is 5.95. The molecule has 1 atom stereocenters. The zero-order valence-corrected chi connectivity index (χ0v) is 17.9. The maximum atomic E-state index is 14.3. The molecular weight excluding hydrogens is 390 g/mol. The molecule has 2 heterocycles. The van der Waals surface area contributed by atoms with Crippen molar-refractivity contribution in [1.29, 1.82) is 0 Å². The Labute approximate surface area is 175 Å². The van der Waals surface area contributed by atoms with Crippen LogP contribution in [0.1, 0.15) is 52.6 Å². The van der Waals surface area contributed by atoms with E-state index in [0.29, 0.717) is 31.7 Å². The lowest BCUT2D eigenvalue weighted by Gasteiger charge is -2.32. The Morgan fingerprint density at radius 3 is 2.43 bits per heavy atom. The van der Waals surface area contributed by atoms with Crippen molar-refractivity contribution >= 4 is 11.9 Å². The fourth-order valence-corrected chi connectivity index (χ4v) is 4.10. The summed E-state index contributed by atoms with van der Waals surface area (Å²) in [5.74, 6) is -2.15. The topological polar surface area (TPSA) is 51.5 Å². The molecule has 0 saturated carbocycles. The van der Waals surface area contributed by atoms with Crippen LogP contribution in [0.4, 0.5) is 8.78 Å². The van der Waals surface area contributed by atoms with E-state index in [1.165, 1.54) is 18.2 Å². The van der Waals surface area contributed by atoms with Gasteiger partial charge in [0.25, 0.3) is 5.91 Å². The van der Waals surface area contributed by atoms with Gasteiger partial charge < -0.3 is 14.2 Å². The summed E-state index contributed by atoms with van der Waals surface area (Å²) in [6.07, 6.45) is 1.38. The second kappa shape index (κ2) is 8.98. The summed E-state index contributed by atoms with van der Waals surface area (Å²) in [5.41, 5.74) is 2.82. The van der Waals surface area contributed by atoms with Gasteiger partial charge in [-0.3, -0.25) is 9.59 Å². The van der Waals surface area contributed by atoms with Gasteiger partial charge in [-0.1, -0.05) is 6.07 Å². The fraction of sp³-hybridized carbons (Fsp3) is 0.478. The van der Waals surface area contributed by atoms with Gasteiger partial charge in [0.2, 0.25) is 0 Å². The molecular formula is C23H28F2N2O3. The molecule has 1 aliphatic heterocycles. The summed E-state index contributed by atoms with van der Waals surface area (Å²) in [6.45, 7) is 8.39. The number of piperidine rings is 1. The van der Waals surface area contributed by atoms with Crippen LogP contribution in [-0.4, -0.2) is 41.0 Å². The molecule has 0 bridgehead atoms. The van der Waals surface area contributed by atoms with Gasteiger partial charge in [0.15, 0.2) is 0 Å². The number of aromatic nitrogens is 1. The van der Waals surface area contributed by atoms with Crippen LogP contribution in [0, 0.1) is 38.3 Å². The fourth-order valence-electron chi connectivity index (χ4n) is 4.10. The number of halogens is 2. The van der Waals surface area contributed by atoms with Crippen molar-refractivity contribution in [3.8, 4) is 0 Å². The van der Waals surface area contributed by atoms with Crippen molar-refractivity contribution in [3.63, 3.8) is 0 Å². The number of hydrogen-bond acceptors (Lipinski definition) is 3.